The van der Waals surface area contributed by atoms with E-state index in [1.54, 1.807) is 0 Å². The standard InChI is InChI=1S/C24H30N4O/c1-16(2)23-15-27(14-19-7-5-17(3)6-8-19)11-12-28(23)24(29)20-9-10-21-22(13-20)26-18(4)25-21/h5-10,13,16,23H,11-12,14-15H2,1-4H3,(H,25,26)/t23-/m1/s1. The van der Waals surface area contributed by atoms with Crippen LogP contribution >= 0.6 is 0 Å². The summed E-state index contributed by atoms with van der Waals surface area (Å²) >= 11 is 0. The third-order valence-electron chi connectivity index (χ3n) is 5.91. The fraction of sp³-hybridized carbons (Fsp3) is 0.417. The number of carbonyl (C=O) groups excluding carboxylic acids is 1. The lowest BCUT2D eigenvalue weighted by Crippen LogP contribution is -2.56. The predicted molar refractivity (Wildman–Crippen MR) is 117 cm³/mol. The molecule has 1 N–H and O–H groups in total. The number of aryl methyl sites for hydroxylation is 2. The molecule has 3 aromatic rings. The average molecular weight is 391 g/mol. The fourth-order valence-corrected chi connectivity index (χ4v) is 4.22. The Morgan fingerprint density at radius 1 is 1.14 bits per heavy atom. The molecule has 5 nitrogen and oxygen atoms in total. The topological polar surface area (TPSA) is 52.2 Å². The SMILES string of the molecule is Cc1ccc(CN2CCN(C(=O)c3ccc4nc(C)[nH]c4c3)[C@@H](C(C)C)C2)cc1. The Hall–Kier alpha value is -2.66. The van der Waals surface area contributed by atoms with Gasteiger partial charge in [0, 0.05) is 37.8 Å². The molecule has 0 unspecified atom stereocenters. The van der Waals surface area contributed by atoms with Gasteiger partial charge in [-0.05, 0) is 43.5 Å². The highest BCUT2D eigenvalue weighted by molar-refractivity contribution is 5.97. The second kappa shape index (κ2) is 7.99. The summed E-state index contributed by atoms with van der Waals surface area (Å²) in [5.74, 6) is 1.39. The molecule has 2 heterocycles. The van der Waals surface area contributed by atoms with Crippen LogP contribution < -0.4 is 0 Å². The van der Waals surface area contributed by atoms with Crippen LogP contribution in [-0.2, 0) is 6.54 Å². The molecule has 1 aromatic heterocycles. The van der Waals surface area contributed by atoms with Crippen LogP contribution in [-0.4, -0.2) is 51.4 Å². The van der Waals surface area contributed by atoms with Gasteiger partial charge in [-0.3, -0.25) is 9.69 Å². The number of rotatable bonds is 4. The molecule has 1 fully saturated rings. The molecule has 0 radical (unpaired) electrons. The number of fused-ring (bicyclic) bond motifs is 1. The average Bonchev–Trinajstić information content (AvgIpc) is 3.08. The summed E-state index contributed by atoms with van der Waals surface area (Å²) in [6, 6.07) is 14.7. The molecule has 4 rings (SSSR count). The smallest absolute Gasteiger partial charge is 0.254 e. The van der Waals surface area contributed by atoms with Gasteiger partial charge in [-0.15, -0.1) is 0 Å². The number of hydrogen-bond donors (Lipinski definition) is 1. The third-order valence-corrected chi connectivity index (χ3v) is 5.91. The lowest BCUT2D eigenvalue weighted by atomic mass is 9.97. The van der Waals surface area contributed by atoms with E-state index in [4.69, 9.17) is 0 Å². The van der Waals surface area contributed by atoms with Gasteiger partial charge >= 0.3 is 0 Å². The molecule has 1 amide bonds. The number of aromatic nitrogens is 2. The van der Waals surface area contributed by atoms with Gasteiger partial charge in [0.15, 0.2) is 0 Å². The maximum absolute atomic E-state index is 13.3. The predicted octanol–water partition coefficient (Wildman–Crippen LogP) is 4.16. The number of H-pyrrole nitrogens is 1. The molecule has 152 valence electrons. The first-order valence-electron chi connectivity index (χ1n) is 10.5. The van der Waals surface area contributed by atoms with Crippen molar-refractivity contribution in [3.05, 3.63) is 65.0 Å². The minimum atomic E-state index is 0.118. The second-order valence-corrected chi connectivity index (χ2v) is 8.58. The largest absolute Gasteiger partial charge is 0.342 e. The molecule has 0 spiro atoms. The van der Waals surface area contributed by atoms with Crippen molar-refractivity contribution < 1.29 is 4.79 Å². The third kappa shape index (κ3) is 4.20. The van der Waals surface area contributed by atoms with Gasteiger partial charge in [0.25, 0.3) is 5.91 Å². The van der Waals surface area contributed by atoms with Crippen molar-refractivity contribution in [2.24, 2.45) is 5.92 Å². The highest BCUT2D eigenvalue weighted by Crippen LogP contribution is 2.23. The van der Waals surface area contributed by atoms with Crippen LogP contribution in [0.4, 0.5) is 0 Å². The van der Waals surface area contributed by atoms with Crippen LogP contribution in [0.25, 0.3) is 11.0 Å². The van der Waals surface area contributed by atoms with Crippen LogP contribution in [0.3, 0.4) is 0 Å². The number of carbonyl (C=O) groups is 1. The Labute approximate surface area is 172 Å². The number of nitrogens with one attached hydrogen (secondary N) is 1. The van der Waals surface area contributed by atoms with E-state index in [9.17, 15) is 4.79 Å². The van der Waals surface area contributed by atoms with Crippen LogP contribution in [0.5, 0.6) is 0 Å². The number of benzene rings is 2. The highest BCUT2D eigenvalue weighted by Gasteiger charge is 2.33. The molecule has 0 aliphatic carbocycles. The Morgan fingerprint density at radius 2 is 1.90 bits per heavy atom. The lowest BCUT2D eigenvalue weighted by molar-refractivity contribution is 0.0329. The van der Waals surface area contributed by atoms with E-state index in [0.717, 1.165) is 48.6 Å². The maximum atomic E-state index is 13.3. The minimum Gasteiger partial charge on any atom is -0.342 e. The normalized spacial score (nSPS) is 18.0. The number of imidazole rings is 1. The van der Waals surface area contributed by atoms with Crippen LogP contribution in [0.15, 0.2) is 42.5 Å². The van der Waals surface area contributed by atoms with Gasteiger partial charge in [0.1, 0.15) is 5.82 Å². The van der Waals surface area contributed by atoms with E-state index >= 15 is 0 Å². The van der Waals surface area contributed by atoms with Gasteiger partial charge in [-0.2, -0.15) is 0 Å². The summed E-state index contributed by atoms with van der Waals surface area (Å²) in [6.07, 6.45) is 0. The zero-order valence-electron chi connectivity index (χ0n) is 17.8. The Kier molecular flexibility index (Phi) is 5.41. The molecular weight excluding hydrogens is 360 g/mol. The maximum Gasteiger partial charge on any atom is 0.254 e. The van der Waals surface area contributed by atoms with Crippen molar-refractivity contribution in [1.82, 2.24) is 19.8 Å². The molecule has 1 aliphatic rings. The second-order valence-electron chi connectivity index (χ2n) is 8.58. The van der Waals surface area contributed by atoms with Gasteiger partial charge in [-0.25, -0.2) is 4.98 Å². The number of hydrogen-bond acceptors (Lipinski definition) is 3. The zero-order valence-corrected chi connectivity index (χ0v) is 17.8. The van der Waals surface area contributed by atoms with Crippen molar-refractivity contribution >= 4 is 16.9 Å². The van der Waals surface area contributed by atoms with Crippen molar-refractivity contribution in [1.29, 1.82) is 0 Å². The summed E-state index contributed by atoms with van der Waals surface area (Å²) < 4.78 is 0. The van der Waals surface area contributed by atoms with Crippen molar-refractivity contribution in [2.75, 3.05) is 19.6 Å². The van der Waals surface area contributed by atoms with Gasteiger partial charge in [0.2, 0.25) is 0 Å². The number of aromatic amines is 1. The zero-order chi connectivity index (χ0) is 20.5. The Bertz CT molecular complexity index is 1010. The lowest BCUT2D eigenvalue weighted by Gasteiger charge is -2.43. The van der Waals surface area contributed by atoms with Crippen molar-refractivity contribution in [3.8, 4) is 0 Å². The van der Waals surface area contributed by atoms with Crippen molar-refractivity contribution in [3.63, 3.8) is 0 Å². The molecule has 1 atom stereocenters. The Balaban J connectivity index is 1.50. The van der Waals surface area contributed by atoms with Crippen molar-refractivity contribution in [2.45, 2.75) is 40.3 Å². The van der Waals surface area contributed by atoms with E-state index < -0.39 is 0 Å². The molecule has 1 aliphatic heterocycles. The first kappa shape index (κ1) is 19.6. The summed E-state index contributed by atoms with van der Waals surface area (Å²) in [4.78, 5) is 25.6. The molecule has 2 aromatic carbocycles. The first-order chi connectivity index (χ1) is 13.9. The Morgan fingerprint density at radius 3 is 2.62 bits per heavy atom. The van der Waals surface area contributed by atoms with Gasteiger partial charge < -0.3 is 9.88 Å². The molecular formula is C24H30N4O. The number of amides is 1. The van der Waals surface area contributed by atoms with E-state index in [2.05, 4.69) is 64.8 Å². The fourth-order valence-electron chi connectivity index (χ4n) is 4.22. The molecule has 1 saturated heterocycles. The number of piperazine rings is 1. The molecule has 0 bridgehead atoms. The monoisotopic (exact) mass is 390 g/mol. The summed E-state index contributed by atoms with van der Waals surface area (Å²) in [6.45, 7) is 12.0. The number of nitrogens with zero attached hydrogens (tertiary/aromatic N) is 3. The summed E-state index contributed by atoms with van der Waals surface area (Å²) in [5, 5.41) is 0. The van der Waals surface area contributed by atoms with E-state index in [1.165, 1.54) is 11.1 Å². The molecule has 5 heteroatoms. The summed E-state index contributed by atoms with van der Waals surface area (Å²) in [5.41, 5.74) is 5.18. The van der Waals surface area contributed by atoms with Gasteiger partial charge in [0.05, 0.1) is 11.0 Å². The first-order valence-corrected chi connectivity index (χ1v) is 10.5. The van der Waals surface area contributed by atoms with Gasteiger partial charge in [-0.1, -0.05) is 43.7 Å². The quantitative estimate of drug-likeness (QED) is 0.728. The summed E-state index contributed by atoms with van der Waals surface area (Å²) in [7, 11) is 0. The molecule has 0 saturated carbocycles. The molecule has 29 heavy (non-hydrogen) atoms. The van der Waals surface area contributed by atoms with E-state index in [1.807, 2.05) is 25.1 Å². The highest BCUT2D eigenvalue weighted by atomic mass is 16.2. The van der Waals surface area contributed by atoms with E-state index in [0.29, 0.717) is 5.92 Å². The van der Waals surface area contributed by atoms with Crippen LogP contribution in [0, 0.1) is 19.8 Å². The minimum absolute atomic E-state index is 0.118. The van der Waals surface area contributed by atoms with Crippen LogP contribution in [0.1, 0.15) is 41.2 Å². The van der Waals surface area contributed by atoms with Crippen LogP contribution in [0.2, 0.25) is 0 Å². The van der Waals surface area contributed by atoms with E-state index in [-0.39, 0.29) is 11.9 Å².